The van der Waals surface area contributed by atoms with Crippen molar-refractivity contribution in [2.24, 2.45) is 11.8 Å². The van der Waals surface area contributed by atoms with E-state index in [1.54, 1.807) is 0 Å². The summed E-state index contributed by atoms with van der Waals surface area (Å²) in [5, 5.41) is 9.02. The summed E-state index contributed by atoms with van der Waals surface area (Å²) < 4.78 is 0. The van der Waals surface area contributed by atoms with Crippen LogP contribution in [0, 0.1) is 11.8 Å². The maximum absolute atomic E-state index is 9.02. The van der Waals surface area contributed by atoms with E-state index in [1.807, 2.05) is 6.92 Å². The van der Waals surface area contributed by atoms with Crippen molar-refractivity contribution < 1.29 is 5.11 Å². The summed E-state index contributed by atoms with van der Waals surface area (Å²) >= 11 is 0. The quantitative estimate of drug-likeness (QED) is 0.310. The second kappa shape index (κ2) is 12.6. The van der Waals surface area contributed by atoms with Crippen LogP contribution in [-0.4, -0.2) is 5.11 Å². The van der Waals surface area contributed by atoms with E-state index >= 15 is 0 Å². The average Bonchev–Trinajstić information content (AvgIpc) is 2.43. The topological polar surface area (TPSA) is 20.2 Å². The van der Waals surface area contributed by atoms with Gasteiger partial charge in [0.15, 0.2) is 0 Å². The van der Waals surface area contributed by atoms with Crippen molar-refractivity contribution in [2.45, 2.75) is 91.9 Å². The first-order chi connectivity index (χ1) is 9.13. The van der Waals surface area contributed by atoms with Crippen LogP contribution < -0.4 is 0 Å². The van der Waals surface area contributed by atoms with Gasteiger partial charge in [-0.3, -0.25) is 0 Å². The Morgan fingerprint density at radius 3 is 1.84 bits per heavy atom. The summed E-state index contributed by atoms with van der Waals surface area (Å²) in [6, 6.07) is 0. The van der Waals surface area contributed by atoms with Gasteiger partial charge in [0.2, 0.25) is 0 Å². The largest absolute Gasteiger partial charge is 0.516 e. The molecule has 0 fully saturated rings. The monoisotopic (exact) mass is 268 g/mol. The maximum Gasteiger partial charge on any atom is 0.0783 e. The van der Waals surface area contributed by atoms with Crippen LogP contribution in [0.2, 0.25) is 0 Å². The van der Waals surface area contributed by atoms with E-state index in [4.69, 9.17) is 5.11 Å². The molecule has 2 atom stereocenters. The first-order valence-electron chi connectivity index (χ1n) is 8.44. The van der Waals surface area contributed by atoms with Gasteiger partial charge in [0.05, 0.1) is 6.26 Å². The minimum atomic E-state index is 0.513. The van der Waals surface area contributed by atoms with Crippen LogP contribution >= 0.6 is 0 Å². The summed E-state index contributed by atoms with van der Waals surface area (Å²) in [4.78, 5) is 0. The second-order valence-electron chi connectivity index (χ2n) is 6.26. The molecule has 0 radical (unpaired) electrons. The van der Waals surface area contributed by atoms with Gasteiger partial charge in [-0.25, -0.2) is 0 Å². The first kappa shape index (κ1) is 18.5. The van der Waals surface area contributed by atoms with E-state index < -0.39 is 0 Å². The number of rotatable bonds is 12. The Morgan fingerprint density at radius 2 is 1.37 bits per heavy atom. The van der Waals surface area contributed by atoms with E-state index in [9.17, 15) is 0 Å². The minimum Gasteiger partial charge on any atom is -0.516 e. The van der Waals surface area contributed by atoms with E-state index in [1.165, 1.54) is 70.5 Å². The minimum absolute atomic E-state index is 0.513. The van der Waals surface area contributed by atoms with Crippen LogP contribution in [0.15, 0.2) is 11.8 Å². The lowest BCUT2D eigenvalue weighted by Crippen LogP contribution is -2.09. The fourth-order valence-corrected chi connectivity index (χ4v) is 2.59. The Balaban J connectivity index is 3.39. The van der Waals surface area contributed by atoms with E-state index in [-0.39, 0.29) is 0 Å². The van der Waals surface area contributed by atoms with Crippen molar-refractivity contribution in [3.63, 3.8) is 0 Å². The van der Waals surface area contributed by atoms with Gasteiger partial charge >= 0.3 is 0 Å². The molecule has 1 heteroatoms. The molecule has 0 rings (SSSR count). The summed E-state index contributed by atoms with van der Waals surface area (Å²) in [5.41, 5.74) is 1.11. The van der Waals surface area contributed by atoms with Gasteiger partial charge in [-0.1, -0.05) is 85.0 Å². The Bertz CT molecular complexity index is 220. The molecular weight excluding hydrogens is 232 g/mol. The molecule has 0 saturated heterocycles. The average molecular weight is 268 g/mol. The molecular formula is C18H36O. The van der Waals surface area contributed by atoms with Crippen LogP contribution in [-0.2, 0) is 0 Å². The molecule has 0 heterocycles. The van der Waals surface area contributed by atoms with Crippen molar-refractivity contribution in [1.29, 1.82) is 0 Å². The van der Waals surface area contributed by atoms with Crippen LogP contribution in [0.25, 0.3) is 0 Å². The van der Waals surface area contributed by atoms with Gasteiger partial charge in [-0.05, 0) is 24.3 Å². The zero-order chi connectivity index (χ0) is 14.5. The van der Waals surface area contributed by atoms with Crippen molar-refractivity contribution in [3.8, 4) is 0 Å². The highest BCUT2D eigenvalue weighted by Gasteiger charge is 2.13. The van der Waals surface area contributed by atoms with Gasteiger partial charge in [0.25, 0.3) is 0 Å². The summed E-state index contributed by atoms with van der Waals surface area (Å²) in [7, 11) is 0. The normalized spacial score (nSPS) is 15.5. The Hall–Kier alpha value is -0.460. The molecule has 0 aliphatic carbocycles. The van der Waals surface area contributed by atoms with E-state index in [2.05, 4.69) is 20.8 Å². The number of aliphatic hydroxyl groups excluding tert-OH is 1. The number of unbranched alkanes of at least 4 members (excludes halogenated alkanes) is 8. The third kappa shape index (κ3) is 10.0. The van der Waals surface area contributed by atoms with Crippen molar-refractivity contribution in [1.82, 2.24) is 0 Å². The molecule has 0 aromatic carbocycles. The lowest BCUT2D eigenvalue weighted by atomic mass is 9.86. The van der Waals surface area contributed by atoms with Crippen molar-refractivity contribution >= 4 is 0 Å². The van der Waals surface area contributed by atoms with Gasteiger partial charge < -0.3 is 5.11 Å². The van der Waals surface area contributed by atoms with Crippen molar-refractivity contribution in [2.75, 3.05) is 0 Å². The number of hydrogen-bond donors (Lipinski definition) is 1. The molecule has 1 nitrogen and oxygen atoms in total. The molecule has 114 valence electrons. The van der Waals surface area contributed by atoms with Gasteiger partial charge in [0, 0.05) is 0 Å². The molecule has 0 bridgehead atoms. The molecule has 0 aliphatic rings. The highest BCUT2D eigenvalue weighted by Crippen LogP contribution is 2.24. The molecule has 0 aromatic rings. The summed E-state index contributed by atoms with van der Waals surface area (Å²) in [6.45, 7) is 8.83. The van der Waals surface area contributed by atoms with E-state index in [0.717, 1.165) is 5.57 Å². The number of aliphatic hydroxyl groups is 1. The Morgan fingerprint density at radius 1 is 0.895 bits per heavy atom. The summed E-state index contributed by atoms with van der Waals surface area (Å²) in [5.74, 6) is 1.20. The predicted molar refractivity (Wildman–Crippen MR) is 86.6 cm³/mol. The number of hydrogen-bond acceptors (Lipinski definition) is 1. The van der Waals surface area contributed by atoms with Crippen LogP contribution in [0.1, 0.15) is 91.9 Å². The smallest absolute Gasteiger partial charge is 0.0783 e. The third-order valence-electron chi connectivity index (χ3n) is 4.54. The fourth-order valence-electron chi connectivity index (χ4n) is 2.59. The Kier molecular flexibility index (Phi) is 12.3. The molecule has 19 heavy (non-hydrogen) atoms. The van der Waals surface area contributed by atoms with Crippen LogP contribution in [0.3, 0.4) is 0 Å². The second-order valence-corrected chi connectivity index (χ2v) is 6.26. The first-order valence-corrected chi connectivity index (χ1v) is 8.44. The molecule has 1 N–H and O–H groups in total. The van der Waals surface area contributed by atoms with Gasteiger partial charge in [-0.15, -0.1) is 0 Å². The third-order valence-corrected chi connectivity index (χ3v) is 4.54. The maximum atomic E-state index is 9.02. The Labute approximate surface area is 121 Å². The van der Waals surface area contributed by atoms with Crippen LogP contribution in [0.5, 0.6) is 0 Å². The van der Waals surface area contributed by atoms with E-state index in [0.29, 0.717) is 11.8 Å². The zero-order valence-corrected chi connectivity index (χ0v) is 13.8. The molecule has 0 aromatic heterocycles. The van der Waals surface area contributed by atoms with Gasteiger partial charge in [-0.2, -0.15) is 0 Å². The standard InChI is InChI=1S/C18H36O/c1-5-6-7-8-9-10-11-12-13-14-16(2)18(4)17(3)15-19/h15-16,18-19H,5-14H2,1-4H3. The van der Waals surface area contributed by atoms with Crippen molar-refractivity contribution in [3.05, 3.63) is 11.8 Å². The molecule has 2 unspecified atom stereocenters. The summed E-state index contributed by atoms with van der Waals surface area (Å²) in [6.07, 6.45) is 15.2. The highest BCUT2D eigenvalue weighted by molar-refractivity contribution is 4.98. The molecule has 0 aliphatic heterocycles. The highest BCUT2D eigenvalue weighted by atomic mass is 16.2. The SMILES string of the molecule is CCCCCCCCCCCC(C)C(C)C(C)=CO. The lowest BCUT2D eigenvalue weighted by Gasteiger charge is -2.19. The fraction of sp³-hybridized carbons (Fsp3) is 0.889. The predicted octanol–water partition coefficient (Wildman–Crippen LogP) is 6.64. The van der Waals surface area contributed by atoms with Gasteiger partial charge in [0.1, 0.15) is 0 Å². The molecule has 0 saturated carbocycles. The van der Waals surface area contributed by atoms with Crippen LogP contribution in [0.4, 0.5) is 0 Å². The zero-order valence-electron chi connectivity index (χ0n) is 13.8. The molecule has 0 spiro atoms. The molecule has 0 amide bonds. The lowest BCUT2D eigenvalue weighted by molar-refractivity contribution is 0.374. The number of allylic oxidation sites excluding steroid dienone is 1.